The second kappa shape index (κ2) is 5.60. The Morgan fingerprint density at radius 1 is 1.05 bits per heavy atom. The normalized spacial score (nSPS) is 10.8. The van der Waals surface area contributed by atoms with Gasteiger partial charge in [-0.05, 0) is 78.0 Å². The molecule has 0 aliphatic heterocycles. The minimum Gasteiger partial charge on any atom is -0.396 e. The molecule has 4 heteroatoms. The summed E-state index contributed by atoms with van der Waals surface area (Å²) in [7, 11) is 0. The highest BCUT2D eigenvalue weighted by atomic mass is 79.9. The Bertz CT molecular complexity index is 727. The maximum Gasteiger partial charge on any atom is 0.194 e. The predicted octanol–water partition coefficient (Wildman–Crippen LogP) is 4.64. The Kier molecular flexibility index (Phi) is 4.19. The molecule has 0 aromatic heterocycles. The van der Waals surface area contributed by atoms with Gasteiger partial charge in [0.2, 0.25) is 0 Å². The summed E-state index contributed by atoms with van der Waals surface area (Å²) >= 11 is 3.25. The molecular weight excluding hydrogens is 333 g/mol. The van der Waals surface area contributed by atoms with Crippen molar-refractivity contribution >= 4 is 27.4 Å². The minimum atomic E-state index is -0.535. The van der Waals surface area contributed by atoms with Gasteiger partial charge in [-0.1, -0.05) is 6.07 Å². The fourth-order valence-electron chi connectivity index (χ4n) is 2.43. The van der Waals surface area contributed by atoms with Gasteiger partial charge >= 0.3 is 0 Å². The van der Waals surface area contributed by atoms with Crippen LogP contribution in [0.25, 0.3) is 0 Å². The van der Waals surface area contributed by atoms with Gasteiger partial charge in [-0.3, -0.25) is 4.79 Å². The smallest absolute Gasteiger partial charge is 0.194 e. The first-order valence-corrected chi connectivity index (χ1v) is 7.40. The molecule has 2 aromatic rings. The summed E-state index contributed by atoms with van der Waals surface area (Å²) in [4.78, 5) is 12.9. The lowest BCUT2D eigenvalue weighted by Crippen LogP contribution is -2.10. The lowest BCUT2D eigenvalue weighted by atomic mass is 9.89. The second-order valence-electron chi connectivity index (χ2n) is 5.32. The van der Waals surface area contributed by atoms with Gasteiger partial charge in [0.15, 0.2) is 5.78 Å². The topological polar surface area (TPSA) is 43.1 Å². The summed E-state index contributed by atoms with van der Waals surface area (Å²) < 4.78 is 13.9. The van der Waals surface area contributed by atoms with Crippen LogP contribution in [0.1, 0.15) is 38.2 Å². The van der Waals surface area contributed by atoms with E-state index in [1.54, 1.807) is 0 Å². The van der Waals surface area contributed by atoms with Gasteiger partial charge in [0.25, 0.3) is 0 Å². The quantitative estimate of drug-likeness (QED) is 0.634. The minimum absolute atomic E-state index is 0.0266. The van der Waals surface area contributed by atoms with Crippen LogP contribution in [-0.2, 0) is 0 Å². The van der Waals surface area contributed by atoms with E-state index < -0.39 is 5.82 Å². The fourth-order valence-corrected chi connectivity index (χ4v) is 2.93. The maximum atomic E-state index is 13.4. The summed E-state index contributed by atoms with van der Waals surface area (Å²) in [5.74, 6) is -0.678. The lowest BCUT2D eigenvalue weighted by Gasteiger charge is -2.15. The summed E-state index contributed by atoms with van der Waals surface area (Å²) in [6.07, 6.45) is 0. The van der Waals surface area contributed by atoms with Crippen molar-refractivity contribution in [1.29, 1.82) is 0 Å². The van der Waals surface area contributed by atoms with Crippen molar-refractivity contribution in [3.63, 3.8) is 0 Å². The first-order valence-electron chi connectivity index (χ1n) is 6.60. The van der Waals surface area contributed by atoms with Gasteiger partial charge in [-0.2, -0.15) is 0 Å². The van der Waals surface area contributed by atoms with E-state index in [0.29, 0.717) is 15.6 Å². The van der Waals surface area contributed by atoms with Gasteiger partial charge in [0.1, 0.15) is 5.82 Å². The van der Waals surface area contributed by atoms with Crippen LogP contribution in [0.3, 0.4) is 0 Å². The molecule has 0 bridgehead atoms. The van der Waals surface area contributed by atoms with Crippen LogP contribution < -0.4 is 5.73 Å². The SMILES string of the molecule is Cc1cc(C)c(C)c(C(=O)c2cc(N)c(F)cc2Br)c1C. The average molecular weight is 350 g/mol. The van der Waals surface area contributed by atoms with E-state index >= 15 is 0 Å². The lowest BCUT2D eigenvalue weighted by molar-refractivity contribution is 0.103. The van der Waals surface area contributed by atoms with Crippen molar-refractivity contribution in [3.05, 3.63) is 61.9 Å². The van der Waals surface area contributed by atoms with Crippen LogP contribution in [0.4, 0.5) is 10.1 Å². The Morgan fingerprint density at radius 2 is 1.57 bits per heavy atom. The van der Waals surface area contributed by atoms with E-state index in [1.807, 2.05) is 27.7 Å². The zero-order chi connectivity index (χ0) is 15.9. The van der Waals surface area contributed by atoms with E-state index in [2.05, 4.69) is 22.0 Å². The number of benzene rings is 2. The number of halogens is 2. The molecule has 2 rings (SSSR count). The second-order valence-corrected chi connectivity index (χ2v) is 6.17. The van der Waals surface area contributed by atoms with Crippen LogP contribution in [-0.4, -0.2) is 5.78 Å². The third-order valence-corrected chi connectivity index (χ3v) is 4.58. The number of anilines is 1. The van der Waals surface area contributed by atoms with Crippen LogP contribution in [0.15, 0.2) is 22.7 Å². The molecule has 0 aliphatic carbocycles. The fraction of sp³-hybridized carbons (Fsp3) is 0.235. The van der Waals surface area contributed by atoms with Gasteiger partial charge in [0, 0.05) is 15.6 Å². The van der Waals surface area contributed by atoms with Gasteiger partial charge < -0.3 is 5.73 Å². The summed E-state index contributed by atoms with van der Waals surface area (Å²) in [5.41, 5.74) is 10.6. The van der Waals surface area contributed by atoms with E-state index in [1.165, 1.54) is 12.1 Å². The van der Waals surface area contributed by atoms with Crippen LogP contribution in [0.2, 0.25) is 0 Å². The van der Waals surface area contributed by atoms with Crippen molar-refractivity contribution < 1.29 is 9.18 Å². The van der Waals surface area contributed by atoms with Crippen molar-refractivity contribution in [1.82, 2.24) is 0 Å². The molecule has 2 N–H and O–H groups in total. The highest BCUT2D eigenvalue weighted by Crippen LogP contribution is 2.29. The molecule has 0 saturated heterocycles. The molecule has 21 heavy (non-hydrogen) atoms. The first kappa shape index (κ1) is 15.7. The number of carbonyl (C=O) groups excluding carboxylic acids is 1. The Labute approximate surface area is 132 Å². The van der Waals surface area contributed by atoms with Crippen molar-refractivity contribution in [3.8, 4) is 0 Å². The number of nitrogens with two attached hydrogens (primary N) is 1. The number of rotatable bonds is 2. The third kappa shape index (κ3) is 2.72. The molecule has 0 aliphatic rings. The number of hydrogen-bond donors (Lipinski definition) is 1. The van der Waals surface area contributed by atoms with Crippen molar-refractivity contribution in [2.24, 2.45) is 0 Å². The Morgan fingerprint density at radius 3 is 2.10 bits per heavy atom. The van der Waals surface area contributed by atoms with E-state index in [-0.39, 0.29) is 11.5 Å². The van der Waals surface area contributed by atoms with E-state index in [9.17, 15) is 9.18 Å². The molecule has 110 valence electrons. The Balaban J connectivity index is 2.69. The summed E-state index contributed by atoms with van der Waals surface area (Å²) in [6.45, 7) is 7.81. The molecule has 0 atom stereocenters. The van der Waals surface area contributed by atoms with Crippen molar-refractivity contribution in [2.45, 2.75) is 27.7 Å². The zero-order valence-electron chi connectivity index (χ0n) is 12.5. The molecule has 2 nitrogen and oxygen atoms in total. The molecule has 0 spiro atoms. The standard InChI is InChI=1S/C17H17BrFNO/c1-8-5-9(2)11(4)16(10(8)3)17(21)12-6-15(20)14(19)7-13(12)18/h5-7H,20H2,1-4H3. The number of hydrogen-bond acceptors (Lipinski definition) is 2. The highest BCUT2D eigenvalue weighted by molar-refractivity contribution is 9.10. The molecule has 0 unspecified atom stereocenters. The van der Waals surface area contributed by atoms with Crippen molar-refractivity contribution in [2.75, 3.05) is 5.73 Å². The van der Waals surface area contributed by atoms with Gasteiger partial charge in [-0.15, -0.1) is 0 Å². The largest absolute Gasteiger partial charge is 0.396 e. The third-order valence-electron chi connectivity index (χ3n) is 3.92. The number of ketones is 1. The van der Waals surface area contributed by atoms with E-state index in [4.69, 9.17) is 5.73 Å². The van der Waals surface area contributed by atoms with Gasteiger partial charge in [-0.25, -0.2) is 4.39 Å². The number of carbonyl (C=O) groups is 1. The summed E-state index contributed by atoms with van der Waals surface area (Å²) in [6, 6.07) is 4.68. The molecule has 0 radical (unpaired) electrons. The maximum absolute atomic E-state index is 13.4. The van der Waals surface area contributed by atoms with E-state index in [0.717, 1.165) is 22.3 Å². The van der Waals surface area contributed by atoms with Gasteiger partial charge in [0.05, 0.1) is 5.69 Å². The summed E-state index contributed by atoms with van der Waals surface area (Å²) in [5, 5.41) is 0. The van der Waals surface area contributed by atoms with Crippen LogP contribution in [0, 0.1) is 33.5 Å². The zero-order valence-corrected chi connectivity index (χ0v) is 14.1. The first-order chi connectivity index (χ1) is 9.73. The Hall–Kier alpha value is -1.68. The molecule has 0 heterocycles. The van der Waals surface area contributed by atoms with Crippen LogP contribution in [0.5, 0.6) is 0 Å². The molecule has 0 fully saturated rings. The number of nitrogen functional groups attached to an aromatic ring is 1. The monoisotopic (exact) mass is 349 g/mol. The molecular formula is C17H17BrFNO. The average Bonchev–Trinajstić information content (AvgIpc) is 2.40. The predicted molar refractivity (Wildman–Crippen MR) is 87.3 cm³/mol. The highest BCUT2D eigenvalue weighted by Gasteiger charge is 2.20. The molecule has 2 aromatic carbocycles. The molecule has 0 amide bonds. The molecule has 0 saturated carbocycles. The number of aryl methyl sites for hydroxylation is 2. The van der Waals surface area contributed by atoms with Crippen LogP contribution >= 0.6 is 15.9 Å².